The van der Waals surface area contributed by atoms with Gasteiger partial charge in [0.2, 0.25) is 0 Å². The van der Waals surface area contributed by atoms with Crippen molar-refractivity contribution in [1.29, 1.82) is 0 Å². The van der Waals surface area contributed by atoms with Gasteiger partial charge in [-0.1, -0.05) is 220 Å². The van der Waals surface area contributed by atoms with Gasteiger partial charge in [0, 0.05) is 49.0 Å². The average molecular weight is 962 g/mol. The second-order valence-corrected chi connectivity index (χ2v) is 22.1. The summed E-state index contributed by atoms with van der Waals surface area (Å²) in [7, 11) is 0. The molecule has 11 aromatic carbocycles. The number of nitrogens with zero attached hydrogens (tertiary/aromatic N) is 1. The molecule has 0 amide bonds. The van der Waals surface area contributed by atoms with Crippen LogP contribution in [0.25, 0.3) is 55.3 Å². The van der Waals surface area contributed by atoms with E-state index in [0.717, 1.165) is 33.6 Å². The van der Waals surface area contributed by atoms with Crippen LogP contribution in [-0.2, 0) is 16.2 Å². The quantitative estimate of drug-likeness (QED) is 0.171. The van der Waals surface area contributed by atoms with Crippen LogP contribution in [0.5, 0.6) is 0 Å². The van der Waals surface area contributed by atoms with Crippen LogP contribution in [0.3, 0.4) is 0 Å². The maximum atomic E-state index is 7.03. The minimum Gasteiger partial charge on any atom is -0.456 e. The first kappa shape index (κ1) is 41.9. The van der Waals surface area contributed by atoms with Gasteiger partial charge in [0.1, 0.15) is 11.2 Å². The van der Waals surface area contributed by atoms with Crippen molar-refractivity contribution in [2.75, 3.05) is 4.90 Å². The molecule has 0 N–H and O–H groups in total. The summed E-state index contributed by atoms with van der Waals surface area (Å²) in [6, 6.07) is 93.2. The summed E-state index contributed by atoms with van der Waals surface area (Å²) in [6.07, 6.45) is 0. The summed E-state index contributed by atoms with van der Waals surface area (Å²) < 4.78 is 7.03. The summed E-state index contributed by atoms with van der Waals surface area (Å²) in [5.74, 6) is 0. The van der Waals surface area contributed by atoms with Gasteiger partial charge in [0.05, 0.1) is 16.5 Å². The van der Waals surface area contributed by atoms with Gasteiger partial charge in [-0.2, -0.15) is 0 Å². The third-order valence-corrected chi connectivity index (χ3v) is 18.4. The number of anilines is 3. The molecule has 3 aliphatic carbocycles. The largest absolute Gasteiger partial charge is 0.456 e. The normalized spacial score (nSPS) is 15.2. The second-order valence-electron chi connectivity index (χ2n) is 21.0. The molecule has 1 aromatic heterocycles. The van der Waals surface area contributed by atoms with E-state index >= 15 is 0 Å². The molecule has 74 heavy (non-hydrogen) atoms. The van der Waals surface area contributed by atoms with Crippen molar-refractivity contribution in [1.82, 2.24) is 0 Å². The molecule has 2 nitrogen and oxygen atoms in total. The first-order chi connectivity index (χ1) is 36.5. The van der Waals surface area contributed by atoms with Crippen molar-refractivity contribution in [2.45, 2.75) is 39.9 Å². The Morgan fingerprint density at radius 1 is 0.351 bits per heavy atom. The molecule has 0 unspecified atom stereocenters. The molecule has 4 aliphatic rings. The van der Waals surface area contributed by atoms with Crippen molar-refractivity contribution in [2.24, 2.45) is 0 Å². The highest BCUT2D eigenvalue weighted by Crippen LogP contribution is 2.65. The minimum atomic E-state index is -0.519. The first-order valence-corrected chi connectivity index (χ1v) is 26.6. The fourth-order valence-electron chi connectivity index (χ4n) is 14.3. The van der Waals surface area contributed by atoms with Crippen molar-refractivity contribution < 1.29 is 4.42 Å². The molecule has 3 heteroatoms. The Kier molecular flexibility index (Phi) is 8.62. The van der Waals surface area contributed by atoms with Gasteiger partial charge in [0.15, 0.2) is 0 Å². The van der Waals surface area contributed by atoms with E-state index in [1.165, 1.54) is 104 Å². The van der Waals surface area contributed by atoms with E-state index < -0.39 is 10.8 Å². The van der Waals surface area contributed by atoms with Gasteiger partial charge >= 0.3 is 0 Å². The van der Waals surface area contributed by atoms with Gasteiger partial charge in [-0.25, -0.2) is 0 Å². The number of hydrogen-bond acceptors (Lipinski definition) is 3. The van der Waals surface area contributed by atoms with Crippen LogP contribution in [0.1, 0.15) is 69.5 Å². The highest BCUT2D eigenvalue weighted by molar-refractivity contribution is 7.99. The van der Waals surface area contributed by atoms with Crippen molar-refractivity contribution in [3.8, 4) is 33.4 Å². The number of fused-ring (bicyclic) bond motifs is 19. The molecule has 12 aromatic rings. The molecular weight excluding hydrogens is 915 g/mol. The smallest absolute Gasteiger partial charge is 0.137 e. The molecule has 0 saturated carbocycles. The van der Waals surface area contributed by atoms with Gasteiger partial charge in [-0.3, -0.25) is 0 Å². The number of furan rings is 1. The minimum absolute atomic E-state index is 0.117. The molecule has 0 radical (unpaired) electrons. The molecule has 1 aliphatic heterocycles. The van der Waals surface area contributed by atoms with E-state index in [0.29, 0.717) is 0 Å². The highest BCUT2D eigenvalue weighted by Gasteiger charge is 2.51. The van der Waals surface area contributed by atoms with Crippen molar-refractivity contribution in [3.63, 3.8) is 0 Å². The van der Waals surface area contributed by atoms with Crippen LogP contribution >= 0.6 is 11.8 Å². The van der Waals surface area contributed by atoms with E-state index in [-0.39, 0.29) is 5.41 Å². The zero-order chi connectivity index (χ0) is 48.9. The number of rotatable bonds is 5. The number of benzene rings is 11. The predicted octanol–water partition coefficient (Wildman–Crippen LogP) is 18.6. The second kappa shape index (κ2) is 15.2. The fraction of sp³-hybridized carbons (Fsp3) is 0.0704. The lowest BCUT2D eigenvalue weighted by molar-refractivity contribution is 0.656. The van der Waals surface area contributed by atoms with Crippen molar-refractivity contribution in [3.05, 3.63) is 304 Å². The van der Waals surface area contributed by atoms with Crippen LogP contribution in [0.15, 0.2) is 263 Å². The van der Waals surface area contributed by atoms with Gasteiger partial charge < -0.3 is 9.32 Å². The molecule has 0 saturated heterocycles. The Bertz CT molecular complexity index is 4240. The van der Waals surface area contributed by atoms with E-state index in [2.05, 4.69) is 267 Å². The van der Waals surface area contributed by atoms with E-state index in [1.807, 2.05) is 11.8 Å². The van der Waals surface area contributed by atoms with Crippen LogP contribution in [0.2, 0.25) is 0 Å². The zero-order valence-electron chi connectivity index (χ0n) is 40.9. The predicted molar refractivity (Wildman–Crippen MR) is 305 cm³/mol. The van der Waals surface area contributed by atoms with Crippen LogP contribution in [-0.4, -0.2) is 0 Å². The third kappa shape index (κ3) is 5.31. The Morgan fingerprint density at radius 3 is 1.53 bits per heavy atom. The van der Waals surface area contributed by atoms with Gasteiger partial charge in [-0.05, 0) is 132 Å². The molecule has 0 bridgehead atoms. The average Bonchev–Trinajstić information content (AvgIpc) is 4.17. The maximum Gasteiger partial charge on any atom is 0.137 e. The zero-order valence-corrected chi connectivity index (χ0v) is 41.8. The molecule has 16 rings (SSSR count). The maximum absolute atomic E-state index is 7.03. The Hall–Kier alpha value is -8.63. The summed E-state index contributed by atoms with van der Waals surface area (Å²) in [4.78, 5) is 5.08. The molecule has 0 atom stereocenters. The molecular formula is C71H47NOS. The van der Waals surface area contributed by atoms with Crippen molar-refractivity contribution >= 4 is 50.8 Å². The lowest BCUT2D eigenvalue weighted by atomic mass is 9.67. The lowest BCUT2D eigenvalue weighted by Gasteiger charge is -2.39. The number of hydrogen-bond donors (Lipinski definition) is 0. The van der Waals surface area contributed by atoms with E-state index in [9.17, 15) is 0 Å². The molecule has 0 fully saturated rings. The highest BCUT2D eigenvalue weighted by atomic mass is 32.2. The summed E-state index contributed by atoms with van der Waals surface area (Å²) in [6.45, 7) is 4.70. The van der Waals surface area contributed by atoms with Gasteiger partial charge in [0.25, 0.3) is 0 Å². The molecule has 2 heterocycles. The Balaban J connectivity index is 0.956. The summed E-state index contributed by atoms with van der Waals surface area (Å²) >= 11 is 1.88. The summed E-state index contributed by atoms with van der Waals surface area (Å²) in [5.41, 5.74) is 24.5. The Morgan fingerprint density at radius 2 is 0.865 bits per heavy atom. The monoisotopic (exact) mass is 961 g/mol. The molecule has 348 valence electrons. The first-order valence-electron chi connectivity index (χ1n) is 25.8. The van der Waals surface area contributed by atoms with E-state index in [4.69, 9.17) is 4.42 Å². The fourth-order valence-corrected chi connectivity index (χ4v) is 15.4. The van der Waals surface area contributed by atoms with Crippen LogP contribution in [0, 0.1) is 0 Å². The van der Waals surface area contributed by atoms with Crippen LogP contribution in [0.4, 0.5) is 17.1 Å². The SMILES string of the molecule is CC1(C)c2ccccc2-c2c1ccc1oc3cc(N(c4ccc(C5(c6ccccc6)c6ccccc6-c6ccccc65)cc4)c4cccc5c4-c4ccccc4C54c5ccccc5Sc5ccccc54)ccc3c21. The lowest BCUT2D eigenvalue weighted by Crippen LogP contribution is -2.32. The topological polar surface area (TPSA) is 16.4 Å². The molecule has 1 spiro atoms. The summed E-state index contributed by atoms with van der Waals surface area (Å²) in [5, 5.41) is 2.31. The standard InChI is InChI=1S/C71H47NOS/c1-69(2)53-25-10-8-23-50(53)67-59(69)41-42-62-68(67)52-40-39-47(43-63(52)73-62)72(46-37-35-45(36-38-46)70(44-19-4-3-5-20-44)54-26-11-6-21-48(54)49-22-7-12-27-55(49)70)61-32-18-31-60-66(61)51-24-9-13-28-56(51)71(60)57-29-14-16-33-64(57)74-65-34-17-15-30-58(65)71/h3-43H,1-2H3. The Labute approximate surface area is 435 Å². The van der Waals surface area contributed by atoms with Gasteiger partial charge in [-0.15, -0.1) is 0 Å². The van der Waals surface area contributed by atoms with Crippen LogP contribution < -0.4 is 4.90 Å². The third-order valence-electron chi connectivity index (χ3n) is 17.2. The van der Waals surface area contributed by atoms with E-state index in [1.54, 1.807) is 0 Å².